The summed E-state index contributed by atoms with van der Waals surface area (Å²) in [4.78, 5) is 13.9. The molecule has 110 valence electrons. The first-order valence-electron chi connectivity index (χ1n) is 6.78. The number of nitrogens with zero attached hydrogens (tertiary/aromatic N) is 1. The Bertz CT molecular complexity index is 511. The molecular formula is C15H21ClN2O2. The molecule has 0 aliphatic carbocycles. The maximum Gasteiger partial charge on any atom is 0.410 e. The van der Waals surface area contributed by atoms with Crippen LogP contribution in [-0.2, 0) is 11.3 Å². The molecule has 0 aromatic heterocycles. The smallest absolute Gasteiger partial charge is 0.410 e. The molecule has 0 radical (unpaired) electrons. The number of hydrogen-bond donors (Lipinski definition) is 1. The quantitative estimate of drug-likeness (QED) is 0.797. The lowest BCUT2D eigenvalue weighted by Gasteiger charge is -2.26. The lowest BCUT2D eigenvalue weighted by atomic mass is 10.0. The number of nitrogens with two attached hydrogens (primary N) is 1. The molecule has 0 bridgehead atoms. The van der Waals surface area contributed by atoms with Crippen LogP contribution in [0.2, 0.25) is 5.02 Å². The van der Waals surface area contributed by atoms with E-state index in [-0.39, 0.29) is 12.1 Å². The molecule has 1 atom stereocenters. The van der Waals surface area contributed by atoms with Gasteiger partial charge in [0.25, 0.3) is 0 Å². The third-order valence-electron chi connectivity index (χ3n) is 3.23. The van der Waals surface area contributed by atoms with E-state index in [2.05, 4.69) is 0 Å². The predicted molar refractivity (Wildman–Crippen MR) is 79.6 cm³/mol. The number of carbonyl (C=O) groups excluding carboxylic acids is 1. The van der Waals surface area contributed by atoms with Crippen LogP contribution in [0.4, 0.5) is 4.79 Å². The molecule has 1 heterocycles. The van der Waals surface area contributed by atoms with Crippen molar-refractivity contribution in [3.8, 4) is 0 Å². The molecule has 20 heavy (non-hydrogen) atoms. The largest absolute Gasteiger partial charge is 0.444 e. The third-order valence-corrected chi connectivity index (χ3v) is 3.46. The Morgan fingerprint density at radius 2 is 2.15 bits per heavy atom. The number of halogens is 1. The minimum Gasteiger partial charge on any atom is -0.444 e. The van der Waals surface area contributed by atoms with E-state index in [1.165, 1.54) is 0 Å². The highest BCUT2D eigenvalue weighted by Crippen LogP contribution is 2.28. The van der Waals surface area contributed by atoms with Crippen LogP contribution in [0.5, 0.6) is 0 Å². The number of rotatable bonds is 0. The topological polar surface area (TPSA) is 55.6 Å². The van der Waals surface area contributed by atoms with Crippen molar-refractivity contribution in [2.75, 3.05) is 6.54 Å². The monoisotopic (exact) mass is 296 g/mol. The van der Waals surface area contributed by atoms with Gasteiger partial charge in [-0.05, 0) is 50.5 Å². The molecule has 1 aliphatic rings. The van der Waals surface area contributed by atoms with E-state index < -0.39 is 5.60 Å². The summed E-state index contributed by atoms with van der Waals surface area (Å²) in [5.74, 6) is 0. The summed E-state index contributed by atoms with van der Waals surface area (Å²) in [7, 11) is 0. The molecule has 0 saturated heterocycles. The first-order chi connectivity index (χ1) is 9.26. The number of hydrogen-bond acceptors (Lipinski definition) is 3. The first-order valence-corrected chi connectivity index (χ1v) is 7.16. The molecule has 4 nitrogen and oxygen atoms in total. The second-order valence-corrected chi connectivity index (χ2v) is 6.58. The van der Waals surface area contributed by atoms with Gasteiger partial charge < -0.3 is 15.4 Å². The van der Waals surface area contributed by atoms with Crippen LogP contribution >= 0.6 is 11.6 Å². The highest BCUT2D eigenvalue weighted by molar-refractivity contribution is 6.30. The van der Waals surface area contributed by atoms with Crippen molar-refractivity contribution in [2.45, 2.75) is 45.4 Å². The maximum absolute atomic E-state index is 12.2. The van der Waals surface area contributed by atoms with Gasteiger partial charge in [0.1, 0.15) is 5.60 Å². The van der Waals surface area contributed by atoms with E-state index >= 15 is 0 Å². The third kappa shape index (κ3) is 3.64. The second-order valence-electron chi connectivity index (χ2n) is 6.14. The van der Waals surface area contributed by atoms with Gasteiger partial charge in [-0.1, -0.05) is 17.7 Å². The van der Waals surface area contributed by atoms with E-state index in [0.29, 0.717) is 24.5 Å². The highest BCUT2D eigenvalue weighted by atomic mass is 35.5. The van der Waals surface area contributed by atoms with E-state index in [1.807, 2.05) is 39.0 Å². The van der Waals surface area contributed by atoms with Crippen LogP contribution in [0.1, 0.15) is 44.4 Å². The van der Waals surface area contributed by atoms with Crippen LogP contribution < -0.4 is 5.73 Å². The van der Waals surface area contributed by atoms with E-state index in [4.69, 9.17) is 22.1 Å². The Kier molecular flexibility index (Phi) is 4.25. The van der Waals surface area contributed by atoms with Gasteiger partial charge in [0.05, 0.1) is 0 Å². The Hall–Kier alpha value is -1.26. The predicted octanol–water partition coefficient (Wildman–Crippen LogP) is 3.48. The molecule has 1 aliphatic heterocycles. The summed E-state index contributed by atoms with van der Waals surface area (Å²) < 4.78 is 5.43. The minimum atomic E-state index is -0.497. The maximum atomic E-state index is 12.2. The highest BCUT2D eigenvalue weighted by Gasteiger charge is 2.26. The van der Waals surface area contributed by atoms with Crippen molar-refractivity contribution in [1.82, 2.24) is 4.90 Å². The van der Waals surface area contributed by atoms with E-state index in [1.54, 1.807) is 4.90 Å². The summed E-state index contributed by atoms with van der Waals surface area (Å²) in [6.07, 6.45) is 0.408. The molecule has 5 heteroatoms. The van der Waals surface area contributed by atoms with Crippen LogP contribution in [0.3, 0.4) is 0 Å². The van der Waals surface area contributed by atoms with Gasteiger partial charge in [-0.3, -0.25) is 0 Å². The fraction of sp³-hybridized carbons (Fsp3) is 0.533. The van der Waals surface area contributed by atoms with Crippen molar-refractivity contribution in [3.05, 3.63) is 34.3 Å². The Morgan fingerprint density at radius 3 is 2.80 bits per heavy atom. The van der Waals surface area contributed by atoms with Crippen molar-refractivity contribution in [1.29, 1.82) is 0 Å². The van der Waals surface area contributed by atoms with Gasteiger partial charge in [-0.2, -0.15) is 0 Å². The molecule has 1 aromatic carbocycles. The fourth-order valence-electron chi connectivity index (χ4n) is 2.29. The Balaban J connectivity index is 2.22. The molecule has 2 rings (SSSR count). The van der Waals surface area contributed by atoms with Crippen LogP contribution in [0.25, 0.3) is 0 Å². The van der Waals surface area contributed by atoms with Crippen molar-refractivity contribution >= 4 is 17.7 Å². The number of fused-ring (bicyclic) bond motifs is 1. The molecule has 1 aromatic rings. The van der Waals surface area contributed by atoms with Crippen molar-refractivity contribution in [2.24, 2.45) is 5.73 Å². The van der Waals surface area contributed by atoms with Crippen LogP contribution in [-0.4, -0.2) is 23.1 Å². The Morgan fingerprint density at radius 1 is 1.45 bits per heavy atom. The molecule has 0 fully saturated rings. The van der Waals surface area contributed by atoms with Crippen molar-refractivity contribution < 1.29 is 9.53 Å². The van der Waals surface area contributed by atoms with Gasteiger partial charge in [0.15, 0.2) is 0 Å². The molecule has 0 saturated carbocycles. The zero-order valence-electron chi connectivity index (χ0n) is 12.1. The first kappa shape index (κ1) is 15.1. The van der Waals surface area contributed by atoms with Crippen LogP contribution in [0.15, 0.2) is 18.2 Å². The zero-order chi connectivity index (χ0) is 14.9. The van der Waals surface area contributed by atoms with Gasteiger partial charge in [0, 0.05) is 24.2 Å². The fourth-order valence-corrected chi connectivity index (χ4v) is 2.49. The van der Waals surface area contributed by atoms with Crippen molar-refractivity contribution in [3.63, 3.8) is 0 Å². The molecule has 1 amide bonds. The number of carbonyl (C=O) groups is 1. The van der Waals surface area contributed by atoms with Crippen LogP contribution in [0, 0.1) is 0 Å². The summed E-state index contributed by atoms with van der Waals surface area (Å²) in [6, 6.07) is 5.58. The minimum absolute atomic E-state index is 0.0743. The van der Waals surface area contributed by atoms with Gasteiger partial charge in [-0.15, -0.1) is 0 Å². The van der Waals surface area contributed by atoms with Gasteiger partial charge in [-0.25, -0.2) is 4.79 Å². The average Bonchev–Trinajstić information content (AvgIpc) is 2.46. The average molecular weight is 297 g/mol. The standard InChI is InChI=1S/C15H21ClN2O2/c1-15(2,3)20-14(19)18-7-6-13(17)12-5-4-11(16)8-10(12)9-18/h4-5,8,13H,6-7,9,17H2,1-3H3/t13-/m0/s1. The summed E-state index contributed by atoms with van der Waals surface area (Å²) in [5.41, 5.74) is 7.72. The lowest BCUT2D eigenvalue weighted by Crippen LogP contribution is -2.36. The summed E-state index contributed by atoms with van der Waals surface area (Å²) in [5, 5.41) is 0.655. The Labute approximate surface area is 124 Å². The van der Waals surface area contributed by atoms with E-state index in [9.17, 15) is 4.79 Å². The van der Waals surface area contributed by atoms with Gasteiger partial charge >= 0.3 is 6.09 Å². The SMILES string of the molecule is CC(C)(C)OC(=O)N1CC[C@H](N)c2ccc(Cl)cc2C1. The molecule has 2 N–H and O–H groups in total. The lowest BCUT2D eigenvalue weighted by molar-refractivity contribution is 0.0235. The van der Waals surface area contributed by atoms with Gasteiger partial charge in [0.2, 0.25) is 0 Å². The molecule has 0 unspecified atom stereocenters. The summed E-state index contributed by atoms with van der Waals surface area (Å²) in [6.45, 7) is 6.65. The summed E-state index contributed by atoms with van der Waals surface area (Å²) >= 11 is 6.04. The van der Waals surface area contributed by atoms with E-state index in [0.717, 1.165) is 11.1 Å². The normalized spacial score (nSPS) is 19.2. The number of benzene rings is 1. The number of ether oxygens (including phenoxy) is 1. The molecule has 0 spiro atoms. The number of amides is 1. The second kappa shape index (κ2) is 5.62. The molecular weight excluding hydrogens is 276 g/mol. The zero-order valence-corrected chi connectivity index (χ0v) is 12.9.